The van der Waals surface area contributed by atoms with Gasteiger partial charge in [-0.2, -0.15) is 5.26 Å². The van der Waals surface area contributed by atoms with Gasteiger partial charge in [-0.15, -0.1) is 0 Å². The molecule has 3 nitrogen and oxygen atoms in total. The van der Waals surface area contributed by atoms with Gasteiger partial charge in [-0.25, -0.2) is 0 Å². The topological polar surface area (TPSA) is 30.3 Å². The third kappa shape index (κ3) is 2.56. The Labute approximate surface area is 99.0 Å². The Morgan fingerprint density at radius 1 is 1.38 bits per heavy atom. The first-order valence-electron chi connectivity index (χ1n) is 6.52. The monoisotopic (exact) mass is 221 g/mol. The molecule has 3 heteroatoms. The summed E-state index contributed by atoms with van der Waals surface area (Å²) < 4.78 is 0. The van der Waals surface area contributed by atoms with Crippen LogP contribution in [0.3, 0.4) is 0 Å². The summed E-state index contributed by atoms with van der Waals surface area (Å²) in [4.78, 5) is 5.11. The van der Waals surface area contributed by atoms with Gasteiger partial charge in [0.1, 0.15) is 0 Å². The Hall–Kier alpha value is -0.590. The molecule has 0 aromatic heterocycles. The van der Waals surface area contributed by atoms with E-state index in [-0.39, 0.29) is 0 Å². The maximum Gasteiger partial charge on any atom is 0.0628 e. The largest absolute Gasteiger partial charge is 0.300 e. The zero-order chi connectivity index (χ0) is 11.6. The van der Waals surface area contributed by atoms with Crippen LogP contribution in [-0.2, 0) is 0 Å². The van der Waals surface area contributed by atoms with E-state index in [0.717, 1.165) is 13.0 Å². The lowest BCUT2D eigenvalue weighted by Gasteiger charge is -2.40. The lowest BCUT2D eigenvalue weighted by Crippen LogP contribution is -2.52. The van der Waals surface area contributed by atoms with Gasteiger partial charge in [0.2, 0.25) is 0 Å². The molecule has 1 atom stereocenters. The lowest BCUT2D eigenvalue weighted by atomic mass is 10.0. The van der Waals surface area contributed by atoms with Gasteiger partial charge in [-0.1, -0.05) is 6.92 Å². The van der Waals surface area contributed by atoms with Crippen LogP contribution in [0.5, 0.6) is 0 Å². The molecular formula is C13H23N3. The van der Waals surface area contributed by atoms with Crippen LogP contribution < -0.4 is 0 Å². The summed E-state index contributed by atoms with van der Waals surface area (Å²) in [6.07, 6.45) is 3.29. The molecule has 0 N–H and O–H groups in total. The van der Waals surface area contributed by atoms with Gasteiger partial charge in [0.25, 0.3) is 0 Å². The van der Waals surface area contributed by atoms with Gasteiger partial charge in [0.15, 0.2) is 0 Å². The van der Waals surface area contributed by atoms with Gasteiger partial charge in [-0.3, -0.25) is 9.80 Å². The number of nitriles is 1. The molecule has 2 aliphatic rings. The maximum atomic E-state index is 8.83. The van der Waals surface area contributed by atoms with E-state index in [9.17, 15) is 0 Å². The van der Waals surface area contributed by atoms with Crippen LogP contribution in [0.4, 0.5) is 0 Å². The highest BCUT2D eigenvalue weighted by Gasteiger charge is 2.44. The van der Waals surface area contributed by atoms with Gasteiger partial charge in [0, 0.05) is 38.6 Å². The molecule has 1 saturated heterocycles. The van der Waals surface area contributed by atoms with Crippen LogP contribution in [0.2, 0.25) is 0 Å². The molecular weight excluding hydrogens is 198 g/mol. The van der Waals surface area contributed by atoms with Gasteiger partial charge >= 0.3 is 0 Å². The number of piperazine rings is 1. The maximum absolute atomic E-state index is 8.83. The van der Waals surface area contributed by atoms with Crippen molar-refractivity contribution in [1.29, 1.82) is 5.26 Å². The van der Waals surface area contributed by atoms with Crippen LogP contribution in [0.25, 0.3) is 0 Å². The Kier molecular flexibility index (Phi) is 3.51. The third-order valence-electron chi connectivity index (χ3n) is 4.23. The number of rotatable bonds is 4. The molecule has 1 unspecified atom stereocenters. The fourth-order valence-corrected chi connectivity index (χ4v) is 2.89. The van der Waals surface area contributed by atoms with Gasteiger partial charge in [0.05, 0.1) is 6.07 Å². The van der Waals surface area contributed by atoms with Crippen LogP contribution in [0, 0.1) is 16.7 Å². The predicted octanol–water partition coefficient (Wildman–Crippen LogP) is 1.71. The second-order valence-electron chi connectivity index (χ2n) is 5.55. The van der Waals surface area contributed by atoms with Crippen molar-refractivity contribution in [3.63, 3.8) is 0 Å². The van der Waals surface area contributed by atoms with Crippen LogP contribution >= 0.6 is 0 Å². The molecule has 0 bridgehead atoms. The number of hydrogen-bond donors (Lipinski definition) is 0. The molecule has 90 valence electrons. The highest BCUT2D eigenvalue weighted by Crippen LogP contribution is 2.49. The van der Waals surface area contributed by atoms with Gasteiger partial charge < -0.3 is 0 Å². The molecule has 1 aliphatic carbocycles. The van der Waals surface area contributed by atoms with Crippen molar-refractivity contribution in [2.75, 3.05) is 32.7 Å². The summed E-state index contributed by atoms with van der Waals surface area (Å²) >= 11 is 0. The molecule has 1 saturated carbocycles. The van der Waals surface area contributed by atoms with E-state index in [1.807, 2.05) is 0 Å². The van der Waals surface area contributed by atoms with E-state index in [2.05, 4.69) is 29.7 Å². The Morgan fingerprint density at radius 3 is 2.62 bits per heavy atom. The minimum Gasteiger partial charge on any atom is -0.300 e. The molecule has 16 heavy (non-hydrogen) atoms. The molecule has 1 heterocycles. The highest BCUT2D eigenvalue weighted by atomic mass is 15.3. The zero-order valence-electron chi connectivity index (χ0n) is 10.6. The highest BCUT2D eigenvalue weighted by molar-refractivity contribution is 5.01. The second-order valence-corrected chi connectivity index (χ2v) is 5.55. The van der Waals surface area contributed by atoms with Crippen LogP contribution in [0.1, 0.15) is 33.1 Å². The Balaban J connectivity index is 1.82. The van der Waals surface area contributed by atoms with Crippen molar-refractivity contribution >= 4 is 0 Å². The molecule has 2 fully saturated rings. The number of nitrogens with zero attached hydrogens (tertiary/aromatic N) is 3. The molecule has 0 radical (unpaired) electrons. The molecule has 0 amide bonds. The Bertz CT molecular complexity index is 277. The van der Waals surface area contributed by atoms with Crippen molar-refractivity contribution < 1.29 is 0 Å². The summed E-state index contributed by atoms with van der Waals surface area (Å²) in [5.41, 5.74) is 0.378. The minimum atomic E-state index is 0.378. The average molecular weight is 221 g/mol. The van der Waals surface area contributed by atoms with E-state index in [4.69, 9.17) is 5.26 Å². The van der Waals surface area contributed by atoms with Crippen molar-refractivity contribution in [2.24, 2.45) is 5.41 Å². The molecule has 0 aromatic rings. The molecule has 2 rings (SSSR count). The fourth-order valence-electron chi connectivity index (χ4n) is 2.89. The SMILES string of the molecule is CCN1CCN(CC2(CC#N)CC2)CC1C. The van der Waals surface area contributed by atoms with E-state index in [1.54, 1.807) is 0 Å². The second kappa shape index (κ2) is 4.73. The Morgan fingerprint density at radius 2 is 2.12 bits per heavy atom. The summed E-state index contributed by atoms with van der Waals surface area (Å²) in [6.45, 7) is 10.4. The lowest BCUT2D eigenvalue weighted by molar-refractivity contribution is 0.0742. The van der Waals surface area contributed by atoms with Crippen LogP contribution in [0.15, 0.2) is 0 Å². The molecule has 1 aliphatic heterocycles. The first kappa shape index (κ1) is 11.9. The first-order chi connectivity index (χ1) is 7.69. The summed E-state index contributed by atoms with van der Waals surface area (Å²) in [5.74, 6) is 0. The van der Waals surface area contributed by atoms with Crippen molar-refractivity contribution in [3.8, 4) is 6.07 Å². The van der Waals surface area contributed by atoms with E-state index in [0.29, 0.717) is 11.5 Å². The summed E-state index contributed by atoms with van der Waals surface area (Å²) in [5, 5.41) is 8.83. The van der Waals surface area contributed by atoms with Crippen molar-refractivity contribution in [3.05, 3.63) is 0 Å². The molecule has 0 aromatic carbocycles. The first-order valence-corrected chi connectivity index (χ1v) is 6.52. The quantitative estimate of drug-likeness (QED) is 0.724. The standard InChI is InChI=1S/C13H23N3/c1-3-16-9-8-15(10-12(16)2)11-13(4-5-13)6-7-14/h12H,3-6,8-11H2,1-2H3. The summed E-state index contributed by atoms with van der Waals surface area (Å²) in [6, 6.07) is 3.03. The van der Waals surface area contributed by atoms with E-state index in [1.165, 1.54) is 39.0 Å². The normalized spacial score (nSPS) is 29.9. The fraction of sp³-hybridized carbons (Fsp3) is 0.923. The minimum absolute atomic E-state index is 0.378. The van der Waals surface area contributed by atoms with E-state index >= 15 is 0 Å². The number of likely N-dealkylation sites (N-methyl/N-ethyl adjacent to an activating group) is 1. The smallest absolute Gasteiger partial charge is 0.0628 e. The number of hydrogen-bond acceptors (Lipinski definition) is 3. The van der Waals surface area contributed by atoms with E-state index < -0.39 is 0 Å². The van der Waals surface area contributed by atoms with Crippen molar-refractivity contribution in [2.45, 2.75) is 39.2 Å². The van der Waals surface area contributed by atoms with Crippen LogP contribution in [-0.4, -0.2) is 48.6 Å². The van der Waals surface area contributed by atoms with Gasteiger partial charge in [-0.05, 0) is 31.7 Å². The third-order valence-corrected chi connectivity index (χ3v) is 4.23. The molecule has 0 spiro atoms. The predicted molar refractivity (Wildman–Crippen MR) is 65.0 cm³/mol. The average Bonchev–Trinajstić information content (AvgIpc) is 2.99. The van der Waals surface area contributed by atoms with Crippen molar-refractivity contribution in [1.82, 2.24) is 9.80 Å². The summed E-state index contributed by atoms with van der Waals surface area (Å²) in [7, 11) is 0. The zero-order valence-corrected chi connectivity index (χ0v) is 10.6.